The Morgan fingerprint density at radius 3 is 2.54 bits per heavy atom. The Kier molecular flexibility index (Phi) is 5.54. The van der Waals surface area contributed by atoms with Crippen molar-refractivity contribution in [2.45, 2.75) is 23.8 Å². The highest BCUT2D eigenvalue weighted by atomic mass is 32.2. The van der Waals surface area contributed by atoms with Crippen molar-refractivity contribution in [1.82, 2.24) is 10.0 Å². The predicted molar refractivity (Wildman–Crippen MR) is 101 cm³/mol. The Bertz CT molecular complexity index is 890. The van der Waals surface area contributed by atoms with Gasteiger partial charge in [0, 0.05) is 12.1 Å². The lowest BCUT2D eigenvalue weighted by Crippen LogP contribution is -2.30. The zero-order chi connectivity index (χ0) is 18.6. The fourth-order valence-corrected chi connectivity index (χ4v) is 3.89. The Labute approximate surface area is 154 Å². The van der Waals surface area contributed by atoms with E-state index in [2.05, 4.69) is 16.6 Å². The lowest BCUT2D eigenvalue weighted by molar-refractivity contribution is 0.0931. The summed E-state index contributed by atoms with van der Waals surface area (Å²) in [5.74, 6) is 0.161. The second-order valence-corrected chi connectivity index (χ2v) is 8.13. The quantitative estimate of drug-likeness (QED) is 0.702. The van der Waals surface area contributed by atoms with Crippen LogP contribution in [0.3, 0.4) is 0 Å². The highest BCUT2D eigenvalue weighted by Crippen LogP contribution is 2.41. The molecule has 0 saturated heterocycles. The Hall–Kier alpha value is -2.44. The second kappa shape index (κ2) is 7.85. The zero-order valence-corrected chi connectivity index (χ0v) is 15.2. The van der Waals surface area contributed by atoms with E-state index in [1.54, 1.807) is 12.1 Å². The largest absolute Gasteiger partial charge is 0.345 e. The van der Waals surface area contributed by atoms with E-state index in [-0.39, 0.29) is 23.4 Å². The van der Waals surface area contributed by atoms with E-state index in [4.69, 9.17) is 0 Å². The summed E-state index contributed by atoms with van der Waals surface area (Å²) >= 11 is 0. The van der Waals surface area contributed by atoms with E-state index < -0.39 is 10.0 Å². The van der Waals surface area contributed by atoms with E-state index in [1.165, 1.54) is 18.2 Å². The number of carbonyl (C=O) groups excluding carboxylic acids is 1. The maximum Gasteiger partial charge on any atom is 0.251 e. The molecule has 0 spiro atoms. The van der Waals surface area contributed by atoms with E-state index >= 15 is 0 Å². The molecule has 136 valence electrons. The standard InChI is InChI=1S/C20H22N2O3S/c1-2-13-21-26(24,25)18-10-6-9-17(14-18)20(23)22-19(16-11-12-16)15-7-4-3-5-8-15/h2-10,14,16,19,21H,1,11-13H2,(H,22,23). The lowest BCUT2D eigenvalue weighted by Gasteiger charge is -2.19. The van der Waals surface area contributed by atoms with Crippen LogP contribution in [0.4, 0.5) is 0 Å². The Balaban J connectivity index is 1.79. The summed E-state index contributed by atoms with van der Waals surface area (Å²) in [6.07, 6.45) is 3.63. The first-order chi connectivity index (χ1) is 12.5. The molecule has 2 aromatic carbocycles. The highest BCUT2D eigenvalue weighted by molar-refractivity contribution is 7.89. The molecule has 1 amide bonds. The van der Waals surface area contributed by atoms with Crippen LogP contribution in [0.15, 0.2) is 72.1 Å². The molecule has 0 bridgehead atoms. The van der Waals surface area contributed by atoms with Crippen LogP contribution in [0.2, 0.25) is 0 Å². The van der Waals surface area contributed by atoms with Crippen LogP contribution in [0, 0.1) is 5.92 Å². The SMILES string of the molecule is C=CCNS(=O)(=O)c1cccc(C(=O)NC(c2ccccc2)C2CC2)c1. The fraction of sp³-hybridized carbons (Fsp3) is 0.250. The third-order valence-corrected chi connectivity index (χ3v) is 5.78. The molecule has 1 fully saturated rings. The van der Waals surface area contributed by atoms with Gasteiger partial charge in [-0.05, 0) is 42.5 Å². The van der Waals surface area contributed by atoms with E-state index in [0.717, 1.165) is 18.4 Å². The normalized spacial score (nSPS) is 15.2. The minimum absolute atomic E-state index is 0.0529. The monoisotopic (exact) mass is 370 g/mol. The Morgan fingerprint density at radius 1 is 1.15 bits per heavy atom. The van der Waals surface area contributed by atoms with E-state index in [9.17, 15) is 13.2 Å². The van der Waals surface area contributed by atoms with Gasteiger partial charge >= 0.3 is 0 Å². The number of hydrogen-bond donors (Lipinski definition) is 2. The molecule has 0 aromatic heterocycles. The zero-order valence-electron chi connectivity index (χ0n) is 14.4. The van der Waals surface area contributed by atoms with Crippen molar-refractivity contribution in [1.29, 1.82) is 0 Å². The van der Waals surface area contributed by atoms with Gasteiger partial charge in [0.05, 0.1) is 10.9 Å². The topological polar surface area (TPSA) is 75.3 Å². The average Bonchev–Trinajstić information content (AvgIpc) is 3.50. The minimum atomic E-state index is -3.66. The van der Waals surface area contributed by atoms with Crippen molar-refractivity contribution < 1.29 is 13.2 Å². The summed E-state index contributed by atoms with van der Waals surface area (Å²) in [6, 6.07) is 15.9. The molecule has 1 aliphatic rings. The highest BCUT2D eigenvalue weighted by Gasteiger charge is 2.33. The molecule has 2 N–H and O–H groups in total. The first-order valence-electron chi connectivity index (χ1n) is 8.57. The van der Waals surface area contributed by atoms with E-state index in [1.807, 2.05) is 30.3 Å². The summed E-state index contributed by atoms with van der Waals surface area (Å²) in [4.78, 5) is 12.8. The van der Waals surface area contributed by atoms with Crippen molar-refractivity contribution in [3.63, 3.8) is 0 Å². The Morgan fingerprint density at radius 2 is 1.88 bits per heavy atom. The number of hydrogen-bond acceptors (Lipinski definition) is 3. The molecule has 5 nitrogen and oxygen atoms in total. The summed E-state index contributed by atoms with van der Waals surface area (Å²) in [5.41, 5.74) is 1.40. The van der Waals surface area contributed by atoms with Gasteiger partial charge in [-0.25, -0.2) is 13.1 Å². The van der Waals surface area contributed by atoms with Gasteiger partial charge in [0.25, 0.3) is 5.91 Å². The molecule has 0 radical (unpaired) electrons. The van der Waals surface area contributed by atoms with Gasteiger partial charge < -0.3 is 5.32 Å². The summed E-state index contributed by atoms with van der Waals surface area (Å²) in [5, 5.41) is 3.06. The molecule has 26 heavy (non-hydrogen) atoms. The molecule has 1 atom stereocenters. The van der Waals surface area contributed by atoms with Gasteiger partial charge in [-0.1, -0.05) is 42.5 Å². The van der Waals surface area contributed by atoms with Crippen molar-refractivity contribution in [3.8, 4) is 0 Å². The average molecular weight is 370 g/mol. The van der Waals surface area contributed by atoms with Crippen LogP contribution in [-0.2, 0) is 10.0 Å². The number of rotatable bonds is 8. The number of nitrogens with one attached hydrogen (secondary N) is 2. The van der Waals surface area contributed by atoms with Gasteiger partial charge in [0.15, 0.2) is 0 Å². The maximum atomic E-state index is 12.7. The van der Waals surface area contributed by atoms with Crippen LogP contribution < -0.4 is 10.0 Å². The predicted octanol–water partition coefficient (Wildman–Crippen LogP) is 3.03. The summed E-state index contributed by atoms with van der Waals surface area (Å²) in [6.45, 7) is 3.63. The van der Waals surface area contributed by atoms with Gasteiger partial charge in [0.2, 0.25) is 10.0 Å². The minimum Gasteiger partial charge on any atom is -0.345 e. The van der Waals surface area contributed by atoms with Gasteiger partial charge in [-0.3, -0.25) is 4.79 Å². The van der Waals surface area contributed by atoms with Crippen LogP contribution in [0.1, 0.15) is 34.8 Å². The van der Waals surface area contributed by atoms with Crippen LogP contribution in [0.5, 0.6) is 0 Å². The van der Waals surface area contributed by atoms with Gasteiger partial charge in [0.1, 0.15) is 0 Å². The third kappa shape index (κ3) is 4.39. The molecule has 0 aliphatic heterocycles. The van der Waals surface area contributed by atoms with Crippen molar-refractivity contribution in [3.05, 3.63) is 78.4 Å². The first kappa shape index (κ1) is 18.4. The lowest BCUT2D eigenvalue weighted by atomic mass is 10.0. The molecular formula is C20H22N2O3S. The molecule has 6 heteroatoms. The summed E-state index contributed by atoms with van der Waals surface area (Å²) in [7, 11) is -3.66. The fourth-order valence-electron chi connectivity index (χ4n) is 2.84. The molecule has 1 saturated carbocycles. The molecule has 1 aliphatic carbocycles. The second-order valence-electron chi connectivity index (χ2n) is 6.37. The van der Waals surface area contributed by atoms with Gasteiger partial charge in [-0.15, -0.1) is 6.58 Å². The molecule has 2 aromatic rings. The maximum absolute atomic E-state index is 12.7. The molecule has 1 unspecified atom stereocenters. The summed E-state index contributed by atoms with van der Waals surface area (Å²) < 4.78 is 26.9. The number of sulfonamides is 1. The van der Waals surface area contributed by atoms with Crippen molar-refractivity contribution >= 4 is 15.9 Å². The van der Waals surface area contributed by atoms with Crippen LogP contribution in [-0.4, -0.2) is 20.9 Å². The van der Waals surface area contributed by atoms with Crippen molar-refractivity contribution in [2.75, 3.05) is 6.54 Å². The van der Waals surface area contributed by atoms with Crippen LogP contribution >= 0.6 is 0 Å². The molecule has 0 heterocycles. The van der Waals surface area contributed by atoms with Crippen LogP contribution in [0.25, 0.3) is 0 Å². The van der Waals surface area contributed by atoms with E-state index in [0.29, 0.717) is 11.5 Å². The van der Waals surface area contributed by atoms with Gasteiger partial charge in [-0.2, -0.15) is 0 Å². The smallest absolute Gasteiger partial charge is 0.251 e. The third-order valence-electron chi connectivity index (χ3n) is 4.36. The molecular weight excluding hydrogens is 348 g/mol. The number of benzene rings is 2. The first-order valence-corrected chi connectivity index (χ1v) is 10.1. The number of carbonyl (C=O) groups is 1. The number of amides is 1. The molecule has 3 rings (SSSR count). The van der Waals surface area contributed by atoms with Crippen molar-refractivity contribution in [2.24, 2.45) is 5.92 Å².